The third kappa shape index (κ3) is 31.5. The summed E-state index contributed by atoms with van der Waals surface area (Å²) >= 11 is 0. The molecule has 0 aliphatic carbocycles. The molecule has 17 atom stereocenters. The fourth-order valence-corrected chi connectivity index (χ4v) is 11.2. The van der Waals surface area contributed by atoms with E-state index in [2.05, 4.69) is 79.9 Å². The second-order valence-electron chi connectivity index (χ2n) is 23.9. The van der Waals surface area contributed by atoms with Crippen molar-refractivity contribution in [2.45, 2.75) is 330 Å². The van der Waals surface area contributed by atoms with Crippen molar-refractivity contribution in [2.75, 3.05) is 26.4 Å². The van der Waals surface area contributed by atoms with Crippen LogP contribution in [0.3, 0.4) is 0 Å². The van der Waals surface area contributed by atoms with Crippen LogP contribution in [0.4, 0.5) is 0 Å². The molecule has 1 amide bonds. The van der Waals surface area contributed by atoms with Gasteiger partial charge in [0, 0.05) is 6.42 Å². The summed E-state index contributed by atoms with van der Waals surface area (Å²) in [7, 11) is 0. The first kappa shape index (κ1) is 77.7. The highest BCUT2D eigenvalue weighted by Gasteiger charge is 2.53. The molecular formula is C67H119NO18. The van der Waals surface area contributed by atoms with Crippen LogP contribution in [0.25, 0.3) is 0 Å². The van der Waals surface area contributed by atoms with Gasteiger partial charge in [-0.05, 0) is 57.8 Å². The van der Waals surface area contributed by atoms with E-state index in [4.69, 9.17) is 28.4 Å². The summed E-state index contributed by atoms with van der Waals surface area (Å²) in [5.74, 6) is -0.251. The lowest BCUT2D eigenvalue weighted by molar-refractivity contribution is -0.379. The number of carbonyl (C=O) groups is 1. The molecule has 3 aliphatic heterocycles. The molecule has 0 aromatic carbocycles. The smallest absolute Gasteiger partial charge is 0.220 e. The zero-order valence-electron chi connectivity index (χ0n) is 52.5. The Balaban J connectivity index is 1.23. The van der Waals surface area contributed by atoms with Gasteiger partial charge in [0.2, 0.25) is 5.91 Å². The van der Waals surface area contributed by atoms with Gasteiger partial charge in [-0.3, -0.25) is 4.79 Å². The number of allylic oxidation sites excluding steroid dienone is 10. The Bertz CT molecular complexity index is 1800. The molecule has 86 heavy (non-hydrogen) atoms. The van der Waals surface area contributed by atoms with Crippen molar-refractivity contribution in [1.29, 1.82) is 0 Å². The molecule has 0 bridgehead atoms. The molecule has 0 saturated carbocycles. The maximum absolute atomic E-state index is 13.2. The Labute approximate surface area is 515 Å². The van der Waals surface area contributed by atoms with Gasteiger partial charge in [0.05, 0.1) is 38.6 Å². The maximum Gasteiger partial charge on any atom is 0.220 e. The van der Waals surface area contributed by atoms with Gasteiger partial charge in [-0.25, -0.2) is 0 Å². The van der Waals surface area contributed by atoms with Gasteiger partial charge in [-0.1, -0.05) is 222 Å². The molecule has 3 fully saturated rings. The molecule has 500 valence electrons. The van der Waals surface area contributed by atoms with Crippen LogP contribution in [0, 0.1) is 0 Å². The summed E-state index contributed by atoms with van der Waals surface area (Å²) < 4.78 is 34.1. The second-order valence-corrected chi connectivity index (χ2v) is 23.9. The van der Waals surface area contributed by atoms with E-state index in [0.717, 1.165) is 70.6 Å². The molecule has 19 nitrogen and oxygen atoms in total. The lowest BCUT2D eigenvalue weighted by atomic mass is 9.96. The fraction of sp³-hybridized carbons (Fsp3) is 0.836. The Morgan fingerprint density at radius 2 is 0.802 bits per heavy atom. The van der Waals surface area contributed by atoms with Crippen LogP contribution < -0.4 is 5.32 Å². The number of carbonyl (C=O) groups excluding carboxylic acids is 1. The minimum atomic E-state index is -1.97. The van der Waals surface area contributed by atoms with Crippen molar-refractivity contribution >= 4 is 5.91 Å². The average Bonchev–Trinajstić information content (AvgIpc) is 1.41. The molecule has 3 saturated heterocycles. The standard InChI is InChI=1S/C67H119NO18/c1-3-5-7-9-10-11-12-13-14-15-16-17-18-19-20-21-22-23-24-25-26-27-28-29-30-31-32-33-34-35-36-37-38-39-40-41-43-45-55(73)68-50(51(72)44-42-8-6-4-2)49-81-65-61(79)58(76)63(53(47-70)83-65)86-67-62(80)59(77)64(54(48-71)84-67)85-66-60(78)57(75)56(74)52(46-69)82-66/h5,7,10-11,13-14,16-17,19-20,50-54,56-67,69-72,74-80H,3-4,6,8-9,12,15,18,21-49H2,1-2H3,(H,68,73)/b7-5-,11-10-,14-13-,17-16-,20-19-. The van der Waals surface area contributed by atoms with Gasteiger partial charge in [0.15, 0.2) is 18.9 Å². The zero-order valence-corrected chi connectivity index (χ0v) is 52.5. The van der Waals surface area contributed by atoms with Crippen LogP contribution in [0.2, 0.25) is 0 Å². The molecule has 12 N–H and O–H groups in total. The van der Waals surface area contributed by atoms with Crippen LogP contribution >= 0.6 is 0 Å². The van der Waals surface area contributed by atoms with Crippen molar-refractivity contribution in [3.63, 3.8) is 0 Å². The van der Waals surface area contributed by atoms with Gasteiger partial charge in [0.25, 0.3) is 0 Å². The van der Waals surface area contributed by atoms with E-state index in [0.29, 0.717) is 19.3 Å². The largest absolute Gasteiger partial charge is 0.394 e. The van der Waals surface area contributed by atoms with Gasteiger partial charge < -0.3 is 89.9 Å². The molecule has 17 unspecified atom stereocenters. The third-order valence-electron chi connectivity index (χ3n) is 16.6. The van der Waals surface area contributed by atoms with Crippen LogP contribution in [0.5, 0.6) is 0 Å². The maximum atomic E-state index is 13.2. The second kappa shape index (κ2) is 49.2. The first-order valence-electron chi connectivity index (χ1n) is 33.5. The Hall–Kier alpha value is -2.51. The normalized spacial score (nSPS) is 29.2. The van der Waals surface area contributed by atoms with Gasteiger partial charge in [-0.15, -0.1) is 0 Å². The number of aliphatic hydroxyl groups excluding tert-OH is 11. The van der Waals surface area contributed by atoms with Crippen molar-refractivity contribution in [2.24, 2.45) is 0 Å². The van der Waals surface area contributed by atoms with Crippen molar-refractivity contribution < 1.29 is 89.4 Å². The van der Waals surface area contributed by atoms with E-state index < -0.39 is 124 Å². The Kier molecular flexibility index (Phi) is 44.5. The summed E-state index contributed by atoms with van der Waals surface area (Å²) in [5.41, 5.74) is 0. The van der Waals surface area contributed by atoms with E-state index in [-0.39, 0.29) is 18.9 Å². The van der Waals surface area contributed by atoms with Crippen LogP contribution in [0.1, 0.15) is 226 Å². The van der Waals surface area contributed by atoms with Crippen LogP contribution in [-0.4, -0.2) is 193 Å². The quantitative estimate of drug-likeness (QED) is 0.0203. The number of amides is 1. The number of rotatable bonds is 50. The summed E-state index contributed by atoms with van der Waals surface area (Å²) in [6, 6.07) is -0.882. The average molecular weight is 1230 g/mol. The number of hydrogen-bond donors (Lipinski definition) is 12. The van der Waals surface area contributed by atoms with Crippen LogP contribution in [-0.2, 0) is 33.2 Å². The monoisotopic (exact) mass is 1230 g/mol. The Morgan fingerprint density at radius 3 is 1.24 bits per heavy atom. The van der Waals surface area contributed by atoms with E-state index in [1.165, 1.54) is 116 Å². The predicted molar refractivity (Wildman–Crippen MR) is 332 cm³/mol. The molecule has 0 spiro atoms. The predicted octanol–water partition coefficient (Wildman–Crippen LogP) is 7.99. The van der Waals surface area contributed by atoms with Gasteiger partial charge in [-0.2, -0.15) is 0 Å². The van der Waals surface area contributed by atoms with E-state index in [1.807, 2.05) is 0 Å². The van der Waals surface area contributed by atoms with Crippen molar-refractivity contribution in [3.8, 4) is 0 Å². The highest BCUT2D eigenvalue weighted by molar-refractivity contribution is 5.76. The van der Waals surface area contributed by atoms with Crippen molar-refractivity contribution in [1.82, 2.24) is 5.32 Å². The van der Waals surface area contributed by atoms with Gasteiger partial charge >= 0.3 is 0 Å². The van der Waals surface area contributed by atoms with E-state index in [9.17, 15) is 61.0 Å². The summed E-state index contributed by atoms with van der Waals surface area (Å²) in [6.07, 6.45) is 33.0. The molecule has 0 aromatic rings. The number of nitrogens with one attached hydrogen (secondary N) is 1. The minimum absolute atomic E-state index is 0.251. The third-order valence-corrected chi connectivity index (χ3v) is 16.6. The molecule has 0 aromatic heterocycles. The molecule has 3 aliphatic rings. The van der Waals surface area contributed by atoms with Crippen molar-refractivity contribution in [3.05, 3.63) is 60.8 Å². The highest BCUT2D eigenvalue weighted by Crippen LogP contribution is 2.33. The number of aliphatic hydroxyl groups is 11. The minimum Gasteiger partial charge on any atom is -0.394 e. The summed E-state index contributed by atoms with van der Waals surface area (Å²) in [5, 5.41) is 120. The fourth-order valence-electron chi connectivity index (χ4n) is 11.2. The molecule has 19 heteroatoms. The Morgan fingerprint density at radius 1 is 0.430 bits per heavy atom. The number of hydrogen-bond acceptors (Lipinski definition) is 18. The van der Waals surface area contributed by atoms with Crippen LogP contribution in [0.15, 0.2) is 60.8 Å². The molecule has 0 radical (unpaired) electrons. The first-order chi connectivity index (χ1) is 41.8. The van der Waals surface area contributed by atoms with E-state index in [1.54, 1.807) is 0 Å². The lowest BCUT2D eigenvalue weighted by Gasteiger charge is -2.48. The summed E-state index contributed by atoms with van der Waals surface area (Å²) in [4.78, 5) is 13.2. The highest BCUT2D eigenvalue weighted by atomic mass is 16.8. The first-order valence-corrected chi connectivity index (χ1v) is 33.5. The molecule has 3 rings (SSSR count). The number of unbranched alkanes of at least 4 members (excludes halogenated alkanes) is 24. The molecular weight excluding hydrogens is 1110 g/mol. The van der Waals surface area contributed by atoms with Gasteiger partial charge in [0.1, 0.15) is 73.2 Å². The topological polar surface area (TPSA) is 307 Å². The zero-order chi connectivity index (χ0) is 62.6. The van der Waals surface area contributed by atoms with E-state index >= 15 is 0 Å². The summed E-state index contributed by atoms with van der Waals surface area (Å²) in [6.45, 7) is 1.53. The SMILES string of the molecule is CC/C=C\C/C=C\C/C=C\C/C=C\C/C=C\CCCCCCCCCCCCCCCCCCCCCCCC(=O)NC(COC1OC(CO)C(OC2OC(CO)C(OC3OC(CO)C(O)C(O)C3O)C(O)C2O)C(O)C1O)C(O)CCCCCC. The number of ether oxygens (including phenoxy) is 6. The lowest BCUT2D eigenvalue weighted by Crippen LogP contribution is -2.66. The molecule has 3 heterocycles.